The third-order valence-corrected chi connectivity index (χ3v) is 3.36. The molecule has 0 aromatic heterocycles. The lowest BCUT2D eigenvalue weighted by atomic mass is 9.98. The quantitative estimate of drug-likeness (QED) is 0.914. The number of methoxy groups -OCH3 is 1. The number of rotatable bonds is 3. The van der Waals surface area contributed by atoms with E-state index in [2.05, 4.69) is 15.9 Å². The number of halogens is 4. The molecule has 0 heterocycles. The molecule has 0 aliphatic carbocycles. The van der Waals surface area contributed by atoms with E-state index in [-0.39, 0.29) is 15.6 Å². The zero-order chi connectivity index (χ0) is 14.9. The van der Waals surface area contributed by atoms with Gasteiger partial charge in [-0.3, -0.25) is 0 Å². The summed E-state index contributed by atoms with van der Waals surface area (Å²) in [5, 5.41) is 0. The summed E-state index contributed by atoms with van der Waals surface area (Å²) >= 11 is 2.97. The van der Waals surface area contributed by atoms with Gasteiger partial charge in [0.05, 0.1) is 13.2 Å². The van der Waals surface area contributed by atoms with Crippen molar-refractivity contribution in [3.8, 4) is 5.75 Å². The molecule has 2 aromatic carbocycles. The predicted molar refractivity (Wildman–Crippen MR) is 73.0 cm³/mol. The highest BCUT2D eigenvalue weighted by Gasteiger charge is 2.22. The van der Waals surface area contributed by atoms with E-state index in [0.29, 0.717) is 5.75 Å². The van der Waals surface area contributed by atoms with E-state index in [1.807, 2.05) is 0 Å². The van der Waals surface area contributed by atoms with Crippen molar-refractivity contribution in [1.82, 2.24) is 0 Å². The summed E-state index contributed by atoms with van der Waals surface area (Å²) in [4.78, 5) is 0. The van der Waals surface area contributed by atoms with Crippen LogP contribution in [0.2, 0.25) is 0 Å². The van der Waals surface area contributed by atoms with Crippen LogP contribution in [0.3, 0.4) is 0 Å². The maximum atomic E-state index is 13.9. The second-order valence-corrected chi connectivity index (χ2v) is 5.06. The number of benzene rings is 2. The Balaban J connectivity index is 2.49. The van der Waals surface area contributed by atoms with Crippen LogP contribution in [0.1, 0.15) is 17.2 Å². The summed E-state index contributed by atoms with van der Waals surface area (Å²) in [6.07, 6.45) is 0. The van der Waals surface area contributed by atoms with Crippen LogP contribution in [0.15, 0.2) is 34.8 Å². The predicted octanol–water partition coefficient (Wildman–Crippen LogP) is 3.92. The monoisotopic (exact) mass is 345 g/mol. The fourth-order valence-electron chi connectivity index (χ4n) is 1.89. The molecule has 0 radical (unpaired) electrons. The van der Waals surface area contributed by atoms with E-state index in [4.69, 9.17) is 10.5 Å². The number of hydrogen-bond donors (Lipinski definition) is 1. The van der Waals surface area contributed by atoms with E-state index in [0.717, 1.165) is 18.2 Å². The Morgan fingerprint density at radius 1 is 1.05 bits per heavy atom. The first kappa shape index (κ1) is 14.9. The third-order valence-electron chi connectivity index (χ3n) is 2.90. The van der Waals surface area contributed by atoms with Crippen molar-refractivity contribution in [2.75, 3.05) is 7.11 Å². The van der Waals surface area contributed by atoms with Gasteiger partial charge in [0.25, 0.3) is 0 Å². The standard InChI is InChI=1S/C14H11BrF3NO/c1-20-8-2-3-9(10(16)6-8)14(19)13-11(17)4-7(15)5-12(13)18/h2-6,14H,19H2,1H3. The second kappa shape index (κ2) is 5.85. The minimum atomic E-state index is -1.24. The molecule has 0 spiro atoms. The molecule has 106 valence electrons. The molecule has 0 saturated heterocycles. The maximum Gasteiger partial charge on any atom is 0.132 e. The molecule has 0 bridgehead atoms. The molecule has 2 nitrogen and oxygen atoms in total. The summed E-state index contributed by atoms with van der Waals surface area (Å²) < 4.78 is 46.7. The maximum absolute atomic E-state index is 13.9. The Hall–Kier alpha value is -1.53. The van der Waals surface area contributed by atoms with Gasteiger partial charge in [-0.05, 0) is 18.2 Å². The summed E-state index contributed by atoms with van der Waals surface area (Å²) in [6, 6.07) is 4.87. The molecule has 1 unspecified atom stereocenters. The highest BCUT2D eigenvalue weighted by molar-refractivity contribution is 9.10. The van der Waals surface area contributed by atoms with Crippen molar-refractivity contribution in [1.29, 1.82) is 0 Å². The molecule has 0 amide bonds. The van der Waals surface area contributed by atoms with Gasteiger partial charge in [-0.1, -0.05) is 22.0 Å². The lowest BCUT2D eigenvalue weighted by Gasteiger charge is -2.16. The van der Waals surface area contributed by atoms with Gasteiger partial charge >= 0.3 is 0 Å². The summed E-state index contributed by atoms with van der Waals surface area (Å²) in [5.74, 6) is -2.05. The van der Waals surface area contributed by atoms with Crippen LogP contribution in [0.4, 0.5) is 13.2 Å². The first-order valence-corrected chi connectivity index (χ1v) is 6.46. The van der Waals surface area contributed by atoms with E-state index in [9.17, 15) is 13.2 Å². The summed E-state index contributed by atoms with van der Waals surface area (Å²) in [7, 11) is 1.39. The summed E-state index contributed by atoms with van der Waals surface area (Å²) in [5.41, 5.74) is 5.40. The average Bonchev–Trinajstić information content (AvgIpc) is 2.37. The molecule has 20 heavy (non-hydrogen) atoms. The second-order valence-electron chi connectivity index (χ2n) is 4.15. The zero-order valence-electron chi connectivity index (χ0n) is 10.5. The molecule has 2 aromatic rings. The Labute approximate surface area is 122 Å². The lowest BCUT2D eigenvalue weighted by molar-refractivity contribution is 0.410. The minimum absolute atomic E-state index is 0.00841. The van der Waals surface area contributed by atoms with Gasteiger partial charge < -0.3 is 10.5 Å². The van der Waals surface area contributed by atoms with Crippen LogP contribution in [0.5, 0.6) is 5.75 Å². The van der Waals surface area contributed by atoms with Gasteiger partial charge in [-0.2, -0.15) is 0 Å². The Morgan fingerprint density at radius 3 is 2.15 bits per heavy atom. The van der Waals surface area contributed by atoms with E-state index in [1.54, 1.807) is 0 Å². The largest absolute Gasteiger partial charge is 0.497 e. The van der Waals surface area contributed by atoms with E-state index < -0.39 is 23.5 Å². The van der Waals surface area contributed by atoms with Crippen LogP contribution in [-0.4, -0.2) is 7.11 Å². The van der Waals surface area contributed by atoms with Crippen molar-refractivity contribution < 1.29 is 17.9 Å². The molecule has 1 atom stereocenters. The lowest BCUT2D eigenvalue weighted by Crippen LogP contribution is -2.17. The molecular formula is C14H11BrF3NO. The number of ether oxygens (including phenoxy) is 1. The van der Waals surface area contributed by atoms with Crippen LogP contribution in [0.25, 0.3) is 0 Å². The third kappa shape index (κ3) is 2.81. The molecular weight excluding hydrogens is 335 g/mol. The Kier molecular flexibility index (Phi) is 4.35. The van der Waals surface area contributed by atoms with Crippen molar-refractivity contribution in [2.24, 2.45) is 5.73 Å². The normalized spacial score (nSPS) is 12.3. The van der Waals surface area contributed by atoms with Crippen molar-refractivity contribution in [2.45, 2.75) is 6.04 Å². The Bertz CT molecular complexity index is 625. The van der Waals surface area contributed by atoms with Crippen molar-refractivity contribution >= 4 is 15.9 Å². The molecule has 2 rings (SSSR count). The van der Waals surface area contributed by atoms with Gasteiger partial charge in [0, 0.05) is 21.7 Å². The molecule has 0 saturated carbocycles. The first-order chi connectivity index (χ1) is 9.43. The molecule has 2 N–H and O–H groups in total. The van der Waals surface area contributed by atoms with Crippen molar-refractivity contribution in [3.63, 3.8) is 0 Å². The highest BCUT2D eigenvalue weighted by Crippen LogP contribution is 2.30. The fourth-order valence-corrected chi connectivity index (χ4v) is 2.29. The van der Waals surface area contributed by atoms with Crippen LogP contribution < -0.4 is 10.5 Å². The van der Waals surface area contributed by atoms with Crippen molar-refractivity contribution in [3.05, 3.63) is 63.4 Å². The van der Waals surface area contributed by atoms with E-state index in [1.165, 1.54) is 19.2 Å². The molecule has 0 aliphatic rings. The van der Waals surface area contributed by atoms with Crippen LogP contribution >= 0.6 is 15.9 Å². The minimum Gasteiger partial charge on any atom is -0.497 e. The van der Waals surface area contributed by atoms with Gasteiger partial charge in [0.15, 0.2) is 0 Å². The highest BCUT2D eigenvalue weighted by atomic mass is 79.9. The van der Waals surface area contributed by atoms with Gasteiger partial charge in [0.2, 0.25) is 0 Å². The fraction of sp³-hybridized carbons (Fsp3) is 0.143. The first-order valence-electron chi connectivity index (χ1n) is 5.67. The smallest absolute Gasteiger partial charge is 0.132 e. The van der Waals surface area contributed by atoms with Gasteiger partial charge in [0.1, 0.15) is 23.2 Å². The molecule has 6 heteroatoms. The van der Waals surface area contributed by atoms with Gasteiger partial charge in [-0.25, -0.2) is 13.2 Å². The summed E-state index contributed by atoms with van der Waals surface area (Å²) in [6.45, 7) is 0. The Morgan fingerprint density at radius 2 is 1.65 bits per heavy atom. The SMILES string of the molecule is COc1ccc(C(N)c2c(F)cc(Br)cc2F)c(F)c1. The average molecular weight is 346 g/mol. The zero-order valence-corrected chi connectivity index (χ0v) is 12.0. The topological polar surface area (TPSA) is 35.2 Å². The van der Waals surface area contributed by atoms with Crippen LogP contribution in [-0.2, 0) is 0 Å². The van der Waals surface area contributed by atoms with E-state index >= 15 is 0 Å². The van der Waals surface area contributed by atoms with Crippen LogP contribution in [0, 0.1) is 17.5 Å². The number of nitrogens with two attached hydrogens (primary N) is 1. The molecule has 0 aliphatic heterocycles. The van der Waals surface area contributed by atoms with Gasteiger partial charge in [-0.15, -0.1) is 0 Å². The number of hydrogen-bond acceptors (Lipinski definition) is 2. The molecule has 0 fully saturated rings.